The van der Waals surface area contributed by atoms with Crippen molar-refractivity contribution in [1.29, 1.82) is 0 Å². The molecule has 0 fully saturated rings. The highest BCUT2D eigenvalue weighted by atomic mass is 79.9. The minimum Gasteiger partial charge on any atom is -0.489 e. The van der Waals surface area contributed by atoms with Crippen molar-refractivity contribution in [3.05, 3.63) is 27.2 Å². The van der Waals surface area contributed by atoms with Crippen LogP contribution in [0.15, 0.2) is 16.6 Å². The minimum atomic E-state index is 0.696. The number of aromatic nitrogens is 1. The van der Waals surface area contributed by atoms with Gasteiger partial charge in [-0.25, -0.2) is 4.98 Å². The summed E-state index contributed by atoms with van der Waals surface area (Å²) in [6, 6.07) is 4.12. The first-order valence-corrected chi connectivity index (χ1v) is 8.71. The fourth-order valence-corrected chi connectivity index (χ4v) is 4.22. The van der Waals surface area contributed by atoms with E-state index in [2.05, 4.69) is 27.3 Å². The molecule has 0 radical (unpaired) electrons. The van der Waals surface area contributed by atoms with E-state index in [0.29, 0.717) is 13.2 Å². The van der Waals surface area contributed by atoms with Gasteiger partial charge in [0.2, 0.25) is 0 Å². The van der Waals surface area contributed by atoms with Gasteiger partial charge < -0.3 is 14.8 Å². The van der Waals surface area contributed by atoms with Crippen LogP contribution in [0.1, 0.15) is 17.0 Å². The second kappa shape index (κ2) is 5.59. The molecule has 0 spiro atoms. The first-order chi connectivity index (χ1) is 10.3. The zero-order chi connectivity index (χ0) is 14.2. The number of rotatable bonds is 1. The Labute approximate surface area is 135 Å². The van der Waals surface area contributed by atoms with Crippen molar-refractivity contribution >= 4 is 27.3 Å². The molecule has 4 nitrogen and oxygen atoms in total. The summed E-state index contributed by atoms with van der Waals surface area (Å²) in [4.78, 5) is 6.14. The largest absolute Gasteiger partial charge is 0.489 e. The van der Waals surface area contributed by atoms with Gasteiger partial charge in [0.1, 0.15) is 5.01 Å². The molecule has 1 aromatic carbocycles. The molecule has 1 N–H and O–H groups in total. The Morgan fingerprint density at radius 2 is 2.14 bits per heavy atom. The first kappa shape index (κ1) is 13.5. The maximum absolute atomic E-state index is 5.80. The molecule has 0 amide bonds. The van der Waals surface area contributed by atoms with Gasteiger partial charge in [-0.2, -0.15) is 0 Å². The van der Waals surface area contributed by atoms with Crippen LogP contribution in [0.3, 0.4) is 0 Å². The highest BCUT2D eigenvalue weighted by Gasteiger charge is 2.20. The topological polar surface area (TPSA) is 43.4 Å². The molecule has 0 aliphatic carbocycles. The number of hydrogen-bond acceptors (Lipinski definition) is 5. The van der Waals surface area contributed by atoms with Crippen molar-refractivity contribution in [2.75, 3.05) is 19.8 Å². The maximum atomic E-state index is 5.80. The van der Waals surface area contributed by atoms with Gasteiger partial charge in [-0.1, -0.05) is 0 Å². The lowest BCUT2D eigenvalue weighted by molar-refractivity contribution is 0.296. The number of benzene rings is 1. The van der Waals surface area contributed by atoms with Crippen LogP contribution in [0.4, 0.5) is 0 Å². The average Bonchev–Trinajstić information content (AvgIpc) is 2.78. The number of thiazole rings is 1. The molecule has 0 unspecified atom stereocenters. The molecule has 0 saturated heterocycles. The first-order valence-electron chi connectivity index (χ1n) is 7.10. The zero-order valence-electron chi connectivity index (χ0n) is 11.4. The highest BCUT2D eigenvalue weighted by Crippen LogP contribution is 2.42. The predicted molar refractivity (Wildman–Crippen MR) is 86.3 cm³/mol. The van der Waals surface area contributed by atoms with Crippen LogP contribution >= 0.6 is 27.3 Å². The number of nitrogens with one attached hydrogen (secondary N) is 1. The van der Waals surface area contributed by atoms with Gasteiger partial charge in [-0.05, 0) is 28.1 Å². The number of nitrogens with zero attached hydrogens (tertiary/aromatic N) is 1. The molecule has 0 bridgehead atoms. The van der Waals surface area contributed by atoms with Gasteiger partial charge in [0.15, 0.2) is 11.5 Å². The summed E-state index contributed by atoms with van der Waals surface area (Å²) in [6.45, 7) is 3.34. The van der Waals surface area contributed by atoms with Crippen molar-refractivity contribution in [3.8, 4) is 22.1 Å². The van der Waals surface area contributed by atoms with Crippen molar-refractivity contribution in [1.82, 2.24) is 10.3 Å². The Balaban J connectivity index is 1.76. The molecule has 1 aromatic heterocycles. The second-order valence-corrected chi connectivity index (χ2v) is 7.09. The molecule has 6 heteroatoms. The van der Waals surface area contributed by atoms with Gasteiger partial charge in [-0.15, -0.1) is 11.3 Å². The van der Waals surface area contributed by atoms with Gasteiger partial charge in [0.25, 0.3) is 0 Å². The predicted octanol–water partition coefficient (Wildman–Crippen LogP) is 3.38. The minimum absolute atomic E-state index is 0.696. The monoisotopic (exact) mass is 366 g/mol. The van der Waals surface area contributed by atoms with E-state index in [1.54, 1.807) is 11.3 Å². The number of hydrogen-bond donors (Lipinski definition) is 1. The van der Waals surface area contributed by atoms with Gasteiger partial charge >= 0.3 is 0 Å². The van der Waals surface area contributed by atoms with Crippen LogP contribution < -0.4 is 14.8 Å². The van der Waals surface area contributed by atoms with Crippen molar-refractivity contribution in [2.45, 2.75) is 19.4 Å². The molecule has 2 aliphatic heterocycles. The normalized spacial score (nSPS) is 17.2. The standard InChI is InChI=1S/C15H15BrN2O2S/c16-10-6-9(7-12-14(10)20-5-1-4-19-12)15-18-11-2-3-17-8-13(11)21-15/h6-7,17H,1-5,8H2. The van der Waals surface area contributed by atoms with Crippen molar-refractivity contribution in [2.24, 2.45) is 0 Å². The molecule has 2 aromatic rings. The van der Waals surface area contributed by atoms with E-state index in [1.165, 1.54) is 10.6 Å². The summed E-state index contributed by atoms with van der Waals surface area (Å²) >= 11 is 5.36. The summed E-state index contributed by atoms with van der Waals surface area (Å²) in [7, 11) is 0. The summed E-state index contributed by atoms with van der Waals surface area (Å²) < 4.78 is 12.5. The Hall–Kier alpha value is -1.11. The Morgan fingerprint density at radius 3 is 3.05 bits per heavy atom. The highest BCUT2D eigenvalue weighted by molar-refractivity contribution is 9.10. The van der Waals surface area contributed by atoms with E-state index in [-0.39, 0.29) is 0 Å². The molecular formula is C15H15BrN2O2S. The number of halogens is 1. The third-order valence-corrected chi connectivity index (χ3v) is 5.39. The van der Waals surface area contributed by atoms with E-state index in [0.717, 1.165) is 52.5 Å². The molecule has 3 heterocycles. The molecule has 4 rings (SSSR count). The van der Waals surface area contributed by atoms with Crippen molar-refractivity contribution in [3.63, 3.8) is 0 Å². The van der Waals surface area contributed by atoms with Crippen LogP contribution in [0.5, 0.6) is 11.5 Å². The fourth-order valence-electron chi connectivity index (χ4n) is 2.60. The SMILES string of the molecule is Brc1cc(-c2nc3c(s2)CNCC3)cc2c1OCCCO2. The molecule has 21 heavy (non-hydrogen) atoms. The Kier molecular flexibility index (Phi) is 3.61. The number of ether oxygens (including phenoxy) is 2. The van der Waals surface area contributed by atoms with E-state index < -0.39 is 0 Å². The van der Waals surface area contributed by atoms with E-state index in [4.69, 9.17) is 14.5 Å². The van der Waals surface area contributed by atoms with Gasteiger partial charge in [0.05, 0.1) is 23.4 Å². The van der Waals surface area contributed by atoms with Gasteiger partial charge in [0, 0.05) is 36.4 Å². The van der Waals surface area contributed by atoms with E-state index >= 15 is 0 Å². The maximum Gasteiger partial charge on any atom is 0.175 e. The lowest BCUT2D eigenvalue weighted by Crippen LogP contribution is -2.22. The van der Waals surface area contributed by atoms with Crippen LogP contribution in [0.25, 0.3) is 10.6 Å². The fraction of sp³-hybridized carbons (Fsp3) is 0.400. The lowest BCUT2D eigenvalue weighted by atomic mass is 10.2. The third kappa shape index (κ3) is 2.56. The summed E-state index contributed by atoms with van der Waals surface area (Å²) in [5, 5.41) is 4.45. The molecule has 0 saturated carbocycles. The van der Waals surface area contributed by atoms with Crippen LogP contribution in [0.2, 0.25) is 0 Å². The summed E-state index contributed by atoms with van der Waals surface area (Å²) in [5.41, 5.74) is 2.32. The Morgan fingerprint density at radius 1 is 1.24 bits per heavy atom. The second-order valence-electron chi connectivity index (χ2n) is 5.15. The van der Waals surface area contributed by atoms with Crippen LogP contribution in [-0.4, -0.2) is 24.7 Å². The molecule has 2 aliphatic rings. The molecular weight excluding hydrogens is 352 g/mol. The number of fused-ring (bicyclic) bond motifs is 2. The van der Waals surface area contributed by atoms with Crippen LogP contribution in [0, 0.1) is 0 Å². The van der Waals surface area contributed by atoms with Crippen LogP contribution in [-0.2, 0) is 13.0 Å². The van der Waals surface area contributed by atoms with Gasteiger partial charge in [-0.3, -0.25) is 0 Å². The van der Waals surface area contributed by atoms with E-state index in [9.17, 15) is 0 Å². The van der Waals surface area contributed by atoms with Crippen molar-refractivity contribution < 1.29 is 9.47 Å². The quantitative estimate of drug-likeness (QED) is 0.839. The third-order valence-electron chi connectivity index (χ3n) is 3.65. The molecule has 0 atom stereocenters. The average molecular weight is 367 g/mol. The summed E-state index contributed by atoms with van der Waals surface area (Å²) in [6.07, 6.45) is 1.92. The Bertz CT molecular complexity index is 663. The molecule has 110 valence electrons. The summed E-state index contributed by atoms with van der Waals surface area (Å²) in [5.74, 6) is 1.61. The smallest absolute Gasteiger partial charge is 0.175 e. The lowest BCUT2D eigenvalue weighted by Gasteiger charge is -2.10. The zero-order valence-corrected chi connectivity index (χ0v) is 13.8. The van der Waals surface area contributed by atoms with E-state index in [1.807, 2.05) is 6.07 Å².